The molecule has 1 aromatic carbocycles. The third-order valence-electron chi connectivity index (χ3n) is 3.44. The van der Waals surface area contributed by atoms with E-state index in [4.69, 9.17) is 0 Å². The average Bonchev–Trinajstić information content (AvgIpc) is 2.58. The lowest BCUT2D eigenvalue weighted by atomic mass is 10.1. The van der Waals surface area contributed by atoms with E-state index in [1.165, 1.54) is 6.07 Å². The van der Waals surface area contributed by atoms with Gasteiger partial charge < -0.3 is 15.5 Å². The molecule has 24 heavy (non-hydrogen) atoms. The van der Waals surface area contributed by atoms with Gasteiger partial charge in [0, 0.05) is 31.9 Å². The first-order valence-corrected chi connectivity index (χ1v) is 7.85. The molecule has 0 saturated heterocycles. The number of aromatic nitrogens is 1. The van der Waals surface area contributed by atoms with E-state index in [-0.39, 0.29) is 5.82 Å². The standard InChI is InChI=1S/C18H24FN5/c1-20-18(23-12-16-6-4-5-9-21-16)22-11-14-7-8-17(19)15(10-14)13-24(2)3/h4-10H,11-13H2,1-3H3,(H2,20,22,23). The molecule has 1 heterocycles. The first-order valence-electron chi connectivity index (χ1n) is 7.85. The van der Waals surface area contributed by atoms with Crippen LogP contribution in [0.4, 0.5) is 4.39 Å². The van der Waals surface area contributed by atoms with Crippen molar-refractivity contribution in [3.63, 3.8) is 0 Å². The number of aliphatic imine (C=N–C) groups is 1. The van der Waals surface area contributed by atoms with Crippen LogP contribution in [0.15, 0.2) is 47.6 Å². The third-order valence-corrected chi connectivity index (χ3v) is 3.44. The number of halogens is 1. The fraction of sp³-hybridized carbons (Fsp3) is 0.333. The molecule has 5 nitrogen and oxygen atoms in total. The van der Waals surface area contributed by atoms with Crippen LogP contribution in [-0.2, 0) is 19.6 Å². The maximum Gasteiger partial charge on any atom is 0.191 e. The topological polar surface area (TPSA) is 52.6 Å². The van der Waals surface area contributed by atoms with E-state index in [9.17, 15) is 4.39 Å². The summed E-state index contributed by atoms with van der Waals surface area (Å²) in [6, 6.07) is 11.0. The molecule has 0 fully saturated rings. The molecule has 0 saturated carbocycles. The highest BCUT2D eigenvalue weighted by Crippen LogP contribution is 2.12. The lowest BCUT2D eigenvalue weighted by Crippen LogP contribution is -2.36. The maximum absolute atomic E-state index is 13.8. The molecule has 0 aliphatic carbocycles. The highest BCUT2D eigenvalue weighted by Gasteiger charge is 2.06. The van der Waals surface area contributed by atoms with Gasteiger partial charge >= 0.3 is 0 Å². The van der Waals surface area contributed by atoms with Crippen molar-refractivity contribution in [3.05, 3.63) is 65.2 Å². The molecule has 0 atom stereocenters. The van der Waals surface area contributed by atoms with Crippen LogP contribution in [-0.4, -0.2) is 37.0 Å². The van der Waals surface area contributed by atoms with E-state index in [0.717, 1.165) is 11.3 Å². The smallest absolute Gasteiger partial charge is 0.191 e. The van der Waals surface area contributed by atoms with Crippen molar-refractivity contribution < 1.29 is 4.39 Å². The summed E-state index contributed by atoms with van der Waals surface area (Å²) in [5.41, 5.74) is 2.64. The quantitative estimate of drug-likeness (QED) is 0.630. The molecule has 128 valence electrons. The van der Waals surface area contributed by atoms with Gasteiger partial charge in [0.25, 0.3) is 0 Å². The molecule has 0 bridgehead atoms. The molecule has 2 aromatic rings. The minimum absolute atomic E-state index is 0.176. The number of hydrogen-bond acceptors (Lipinski definition) is 3. The van der Waals surface area contributed by atoms with Crippen LogP contribution >= 0.6 is 0 Å². The molecule has 2 N–H and O–H groups in total. The molecule has 0 radical (unpaired) electrons. The molecule has 2 rings (SSSR count). The van der Waals surface area contributed by atoms with Gasteiger partial charge in [-0.2, -0.15) is 0 Å². The van der Waals surface area contributed by atoms with Crippen molar-refractivity contribution in [1.82, 2.24) is 20.5 Å². The van der Waals surface area contributed by atoms with Crippen molar-refractivity contribution in [1.29, 1.82) is 0 Å². The lowest BCUT2D eigenvalue weighted by Gasteiger charge is -2.14. The Labute approximate surface area is 142 Å². The van der Waals surface area contributed by atoms with Gasteiger partial charge in [-0.1, -0.05) is 12.1 Å². The second kappa shape index (κ2) is 8.98. The van der Waals surface area contributed by atoms with Crippen molar-refractivity contribution in [2.75, 3.05) is 21.1 Å². The molecule has 6 heteroatoms. The fourth-order valence-electron chi connectivity index (χ4n) is 2.28. The van der Waals surface area contributed by atoms with Crippen LogP contribution < -0.4 is 10.6 Å². The normalized spacial score (nSPS) is 11.6. The zero-order valence-corrected chi connectivity index (χ0v) is 14.4. The second-order valence-corrected chi connectivity index (χ2v) is 5.76. The van der Waals surface area contributed by atoms with Crippen molar-refractivity contribution in [2.24, 2.45) is 4.99 Å². The molecule has 0 spiro atoms. The van der Waals surface area contributed by atoms with Crippen LogP contribution in [0.25, 0.3) is 0 Å². The van der Waals surface area contributed by atoms with Crippen molar-refractivity contribution >= 4 is 5.96 Å². The van der Waals surface area contributed by atoms with Crippen LogP contribution in [0.3, 0.4) is 0 Å². The van der Waals surface area contributed by atoms with Crippen LogP contribution in [0.2, 0.25) is 0 Å². The predicted octanol–water partition coefficient (Wildman–Crippen LogP) is 2.15. The molecule has 1 aromatic heterocycles. The van der Waals surface area contributed by atoms with Crippen molar-refractivity contribution in [3.8, 4) is 0 Å². The predicted molar refractivity (Wildman–Crippen MR) is 95.1 cm³/mol. The van der Waals surface area contributed by atoms with E-state index < -0.39 is 0 Å². The van der Waals surface area contributed by atoms with E-state index in [0.29, 0.717) is 31.2 Å². The van der Waals surface area contributed by atoms with E-state index in [1.54, 1.807) is 19.3 Å². The van der Waals surface area contributed by atoms with Gasteiger partial charge in [-0.05, 0) is 43.9 Å². The average molecular weight is 329 g/mol. The lowest BCUT2D eigenvalue weighted by molar-refractivity contribution is 0.392. The third kappa shape index (κ3) is 5.62. The van der Waals surface area contributed by atoms with Gasteiger partial charge in [0.1, 0.15) is 5.82 Å². The van der Waals surface area contributed by atoms with Gasteiger partial charge in [-0.25, -0.2) is 4.39 Å². The number of nitrogens with zero attached hydrogens (tertiary/aromatic N) is 3. The number of hydrogen-bond donors (Lipinski definition) is 2. The summed E-state index contributed by atoms with van der Waals surface area (Å²) in [7, 11) is 5.57. The summed E-state index contributed by atoms with van der Waals surface area (Å²) in [6.45, 7) is 1.74. The zero-order valence-electron chi connectivity index (χ0n) is 14.4. The van der Waals surface area contributed by atoms with Crippen LogP contribution in [0.1, 0.15) is 16.8 Å². The van der Waals surface area contributed by atoms with Crippen LogP contribution in [0, 0.1) is 5.82 Å². The minimum atomic E-state index is -0.176. The largest absolute Gasteiger partial charge is 0.352 e. The monoisotopic (exact) mass is 329 g/mol. The Morgan fingerprint density at radius 1 is 1.17 bits per heavy atom. The Kier molecular flexibility index (Phi) is 6.69. The first kappa shape index (κ1) is 17.9. The van der Waals surface area contributed by atoms with Gasteiger partial charge in [0.15, 0.2) is 5.96 Å². The molecule has 0 amide bonds. The summed E-state index contributed by atoms with van der Waals surface area (Å²) in [6.07, 6.45) is 1.76. The summed E-state index contributed by atoms with van der Waals surface area (Å²) in [5.74, 6) is 0.504. The summed E-state index contributed by atoms with van der Waals surface area (Å²) < 4.78 is 13.8. The Bertz CT molecular complexity index is 670. The molecular weight excluding hydrogens is 305 g/mol. The Balaban J connectivity index is 1.91. The summed E-state index contributed by atoms with van der Waals surface area (Å²) >= 11 is 0. The molecule has 0 aliphatic rings. The highest BCUT2D eigenvalue weighted by atomic mass is 19.1. The highest BCUT2D eigenvalue weighted by molar-refractivity contribution is 5.79. The SMILES string of the molecule is CN=C(NCc1ccc(F)c(CN(C)C)c1)NCc1ccccn1. The number of pyridine rings is 1. The first-order chi connectivity index (χ1) is 11.6. The Morgan fingerprint density at radius 2 is 1.96 bits per heavy atom. The number of benzene rings is 1. The Morgan fingerprint density at radius 3 is 2.62 bits per heavy atom. The second-order valence-electron chi connectivity index (χ2n) is 5.76. The van der Waals surface area contributed by atoms with E-state index in [1.807, 2.05) is 43.3 Å². The van der Waals surface area contributed by atoms with Gasteiger partial charge in [0.05, 0.1) is 12.2 Å². The number of nitrogens with one attached hydrogen (secondary N) is 2. The van der Waals surface area contributed by atoms with Crippen molar-refractivity contribution in [2.45, 2.75) is 19.6 Å². The number of guanidine groups is 1. The molecule has 0 unspecified atom stereocenters. The fourth-order valence-corrected chi connectivity index (χ4v) is 2.28. The maximum atomic E-state index is 13.8. The van der Waals surface area contributed by atoms with Gasteiger partial charge in [0.2, 0.25) is 0 Å². The Hall–Kier alpha value is -2.47. The minimum Gasteiger partial charge on any atom is -0.352 e. The van der Waals surface area contributed by atoms with Gasteiger partial charge in [-0.3, -0.25) is 9.98 Å². The molecule has 0 aliphatic heterocycles. The number of rotatable bonds is 6. The molecular formula is C18H24FN5. The van der Waals surface area contributed by atoms with E-state index >= 15 is 0 Å². The van der Waals surface area contributed by atoms with Gasteiger partial charge in [-0.15, -0.1) is 0 Å². The van der Waals surface area contributed by atoms with Crippen LogP contribution in [0.5, 0.6) is 0 Å². The zero-order chi connectivity index (χ0) is 17.4. The summed E-state index contributed by atoms with van der Waals surface area (Å²) in [4.78, 5) is 10.4. The van der Waals surface area contributed by atoms with E-state index in [2.05, 4.69) is 20.6 Å². The summed E-state index contributed by atoms with van der Waals surface area (Å²) in [5, 5.41) is 6.44.